The molecule has 2 amide bonds. The lowest BCUT2D eigenvalue weighted by molar-refractivity contribution is 0.230. The predicted molar refractivity (Wildman–Crippen MR) is 89.3 cm³/mol. The number of hydrogen-bond acceptors (Lipinski definition) is 2. The number of amides is 2. The molecule has 0 fully saturated rings. The van der Waals surface area contributed by atoms with Crippen molar-refractivity contribution >= 4 is 11.7 Å². The number of nitrogens with zero attached hydrogens (tertiary/aromatic N) is 1. The van der Waals surface area contributed by atoms with Crippen molar-refractivity contribution in [3.63, 3.8) is 0 Å². The van der Waals surface area contributed by atoms with E-state index in [1.807, 2.05) is 42.5 Å². The second-order valence-corrected chi connectivity index (χ2v) is 5.06. The highest BCUT2D eigenvalue weighted by Crippen LogP contribution is 2.13. The zero-order valence-electron chi connectivity index (χ0n) is 13.1. The number of carbonyl (C=O) groups is 1. The first-order chi connectivity index (χ1) is 10.7. The maximum atomic E-state index is 12.0. The summed E-state index contributed by atoms with van der Waals surface area (Å²) in [4.78, 5) is 13.6. The van der Waals surface area contributed by atoms with Gasteiger partial charge in [0.05, 0.1) is 0 Å². The SMILES string of the molecule is CCCc1ccc(OCNC(=O)N(C)c2ccccc2)cc1. The number of hydrogen-bond donors (Lipinski definition) is 1. The number of carbonyl (C=O) groups excluding carboxylic acids is 1. The number of rotatable bonds is 6. The summed E-state index contributed by atoms with van der Waals surface area (Å²) < 4.78 is 5.54. The van der Waals surface area contributed by atoms with Crippen molar-refractivity contribution in [2.45, 2.75) is 19.8 Å². The summed E-state index contributed by atoms with van der Waals surface area (Å²) in [7, 11) is 1.73. The van der Waals surface area contributed by atoms with Crippen LogP contribution in [0.5, 0.6) is 5.75 Å². The Kier molecular flexibility index (Phi) is 5.83. The van der Waals surface area contributed by atoms with Gasteiger partial charge < -0.3 is 10.1 Å². The number of nitrogens with one attached hydrogen (secondary N) is 1. The van der Waals surface area contributed by atoms with E-state index < -0.39 is 0 Å². The maximum absolute atomic E-state index is 12.0. The molecule has 0 aromatic heterocycles. The van der Waals surface area contributed by atoms with Crippen molar-refractivity contribution in [1.29, 1.82) is 0 Å². The van der Waals surface area contributed by atoms with Gasteiger partial charge in [-0.15, -0.1) is 0 Å². The third-order valence-electron chi connectivity index (χ3n) is 3.37. The van der Waals surface area contributed by atoms with Crippen molar-refractivity contribution < 1.29 is 9.53 Å². The van der Waals surface area contributed by atoms with Crippen LogP contribution in [0.3, 0.4) is 0 Å². The Morgan fingerprint density at radius 1 is 1.09 bits per heavy atom. The zero-order valence-corrected chi connectivity index (χ0v) is 13.1. The molecule has 0 spiro atoms. The summed E-state index contributed by atoms with van der Waals surface area (Å²) in [5.41, 5.74) is 2.13. The molecule has 22 heavy (non-hydrogen) atoms. The largest absolute Gasteiger partial charge is 0.473 e. The van der Waals surface area contributed by atoms with Crippen LogP contribution in [0.1, 0.15) is 18.9 Å². The molecule has 4 heteroatoms. The van der Waals surface area contributed by atoms with Gasteiger partial charge in [0, 0.05) is 12.7 Å². The van der Waals surface area contributed by atoms with Gasteiger partial charge in [0.1, 0.15) is 5.75 Å². The highest BCUT2D eigenvalue weighted by molar-refractivity contribution is 5.91. The van der Waals surface area contributed by atoms with Gasteiger partial charge >= 0.3 is 6.03 Å². The lowest BCUT2D eigenvalue weighted by Gasteiger charge is -2.18. The third-order valence-corrected chi connectivity index (χ3v) is 3.37. The molecule has 0 saturated carbocycles. The van der Waals surface area contributed by atoms with Gasteiger partial charge in [0.15, 0.2) is 6.73 Å². The smallest absolute Gasteiger partial charge is 0.324 e. The second kappa shape index (κ2) is 8.08. The molecule has 0 bridgehead atoms. The van der Waals surface area contributed by atoms with Crippen molar-refractivity contribution in [1.82, 2.24) is 5.32 Å². The molecule has 0 aliphatic rings. The standard InChI is InChI=1S/C18H22N2O2/c1-3-7-15-10-12-17(13-11-15)22-14-19-18(21)20(2)16-8-5-4-6-9-16/h4-6,8-13H,3,7,14H2,1-2H3,(H,19,21). The van der Waals surface area contributed by atoms with E-state index in [4.69, 9.17) is 4.74 Å². The first-order valence-corrected chi connectivity index (χ1v) is 7.49. The Morgan fingerprint density at radius 3 is 2.41 bits per heavy atom. The van der Waals surface area contributed by atoms with Gasteiger partial charge in [-0.05, 0) is 36.2 Å². The number of urea groups is 1. The average molecular weight is 298 g/mol. The molecule has 0 unspecified atom stereocenters. The van der Waals surface area contributed by atoms with Gasteiger partial charge in [-0.3, -0.25) is 4.90 Å². The molecule has 1 N–H and O–H groups in total. The van der Waals surface area contributed by atoms with E-state index in [-0.39, 0.29) is 12.8 Å². The van der Waals surface area contributed by atoms with E-state index in [2.05, 4.69) is 24.4 Å². The van der Waals surface area contributed by atoms with Crippen LogP contribution in [0.2, 0.25) is 0 Å². The van der Waals surface area contributed by atoms with Gasteiger partial charge in [0.25, 0.3) is 0 Å². The van der Waals surface area contributed by atoms with E-state index >= 15 is 0 Å². The van der Waals surface area contributed by atoms with Crippen LogP contribution in [0, 0.1) is 0 Å². The molecule has 2 rings (SSSR count). The Labute approximate surface area is 131 Å². The normalized spacial score (nSPS) is 10.1. The highest BCUT2D eigenvalue weighted by atomic mass is 16.5. The van der Waals surface area contributed by atoms with Crippen LogP contribution in [-0.2, 0) is 6.42 Å². The summed E-state index contributed by atoms with van der Waals surface area (Å²) in [6, 6.07) is 17.2. The molecule has 2 aromatic carbocycles. The van der Waals surface area contributed by atoms with Gasteiger partial charge in [-0.1, -0.05) is 43.7 Å². The van der Waals surface area contributed by atoms with Crippen molar-refractivity contribution in [2.24, 2.45) is 0 Å². The molecule has 0 aliphatic heterocycles. The highest BCUT2D eigenvalue weighted by Gasteiger charge is 2.09. The van der Waals surface area contributed by atoms with E-state index in [9.17, 15) is 4.79 Å². The summed E-state index contributed by atoms with van der Waals surface area (Å²) in [5.74, 6) is 0.752. The Hall–Kier alpha value is -2.49. The zero-order chi connectivity index (χ0) is 15.8. The van der Waals surface area contributed by atoms with Gasteiger partial charge in [0.2, 0.25) is 0 Å². The minimum absolute atomic E-state index is 0.142. The minimum atomic E-state index is -0.200. The van der Waals surface area contributed by atoms with Crippen molar-refractivity contribution in [3.8, 4) is 5.75 Å². The molecule has 116 valence electrons. The fraction of sp³-hybridized carbons (Fsp3) is 0.278. The quantitative estimate of drug-likeness (QED) is 0.824. The van der Waals surface area contributed by atoms with E-state index in [0.717, 1.165) is 24.3 Å². The fourth-order valence-corrected chi connectivity index (χ4v) is 2.11. The van der Waals surface area contributed by atoms with Crippen molar-refractivity contribution in [2.75, 3.05) is 18.7 Å². The van der Waals surface area contributed by atoms with Crippen molar-refractivity contribution in [3.05, 3.63) is 60.2 Å². The molecule has 2 aromatic rings. The molecular formula is C18H22N2O2. The monoisotopic (exact) mass is 298 g/mol. The van der Waals surface area contributed by atoms with E-state index in [1.165, 1.54) is 5.56 Å². The number of ether oxygens (including phenoxy) is 1. The molecule has 0 atom stereocenters. The first kappa shape index (κ1) is 15.9. The second-order valence-electron chi connectivity index (χ2n) is 5.06. The molecule has 0 saturated heterocycles. The average Bonchev–Trinajstić information content (AvgIpc) is 2.56. The Morgan fingerprint density at radius 2 is 1.77 bits per heavy atom. The van der Waals surface area contributed by atoms with Crippen LogP contribution in [0.25, 0.3) is 0 Å². The van der Waals surface area contributed by atoms with E-state index in [1.54, 1.807) is 11.9 Å². The molecule has 4 nitrogen and oxygen atoms in total. The third kappa shape index (κ3) is 4.52. The van der Waals surface area contributed by atoms with Crippen LogP contribution in [-0.4, -0.2) is 19.8 Å². The molecule has 0 heterocycles. The van der Waals surface area contributed by atoms with Gasteiger partial charge in [-0.2, -0.15) is 0 Å². The Bertz CT molecular complexity index is 582. The van der Waals surface area contributed by atoms with Crippen LogP contribution >= 0.6 is 0 Å². The minimum Gasteiger partial charge on any atom is -0.473 e. The first-order valence-electron chi connectivity index (χ1n) is 7.49. The van der Waals surface area contributed by atoms with E-state index in [0.29, 0.717) is 0 Å². The number of aryl methyl sites for hydroxylation is 1. The molecule has 0 radical (unpaired) electrons. The lowest BCUT2D eigenvalue weighted by atomic mass is 10.1. The summed E-state index contributed by atoms with van der Waals surface area (Å²) in [5, 5.41) is 2.73. The Balaban J connectivity index is 1.79. The number of anilines is 1. The summed E-state index contributed by atoms with van der Waals surface area (Å²) >= 11 is 0. The van der Waals surface area contributed by atoms with Crippen LogP contribution in [0.15, 0.2) is 54.6 Å². The summed E-state index contributed by atoms with van der Waals surface area (Å²) in [6.07, 6.45) is 2.20. The predicted octanol–water partition coefficient (Wildman–Crippen LogP) is 3.82. The lowest BCUT2D eigenvalue weighted by Crippen LogP contribution is -2.39. The van der Waals surface area contributed by atoms with Gasteiger partial charge in [-0.25, -0.2) is 4.79 Å². The summed E-state index contributed by atoms with van der Waals surface area (Å²) in [6.45, 7) is 2.30. The maximum Gasteiger partial charge on any atom is 0.324 e. The molecule has 0 aliphatic carbocycles. The number of para-hydroxylation sites is 1. The topological polar surface area (TPSA) is 41.6 Å². The van der Waals surface area contributed by atoms with Crippen LogP contribution < -0.4 is 15.0 Å². The molecular weight excluding hydrogens is 276 g/mol. The fourth-order valence-electron chi connectivity index (χ4n) is 2.11. The van der Waals surface area contributed by atoms with Crippen LogP contribution in [0.4, 0.5) is 10.5 Å². The number of benzene rings is 2.